The minimum atomic E-state index is -0.675. The van der Waals surface area contributed by atoms with Crippen molar-refractivity contribution < 1.29 is 9.53 Å². The van der Waals surface area contributed by atoms with Crippen molar-refractivity contribution in [2.45, 2.75) is 32.9 Å². The van der Waals surface area contributed by atoms with Crippen LogP contribution in [-0.2, 0) is 29.0 Å². The van der Waals surface area contributed by atoms with E-state index in [1.165, 1.54) is 17.7 Å². The third-order valence-corrected chi connectivity index (χ3v) is 5.55. The molecule has 10 nitrogen and oxygen atoms in total. The highest BCUT2D eigenvalue weighted by Gasteiger charge is 2.19. The van der Waals surface area contributed by atoms with Gasteiger partial charge >= 0.3 is 11.7 Å². The number of tetrazole rings is 1. The van der Waals surface area contributed by atoms with Crippen LogP contribution in [0, 0.1) is 0 Å². The molecule has 0 amide bonds. The lowest BCUT2D eigenvalue weighted by Crippen LogP contribution is -2.43. The van der Waals surface area contributed by atoms with Gasteiger partial charge < -0.3 is 4.74 Å². The van der Waals surface area contributed by atoms with E-state index in [1.807, 2.05) is 55.5 Å². The van der Waals surface area contributed by atoms with Crippen molar-refractivity contribution >= 4 is 5.97 Å². The second kappa shape index (κ2) is 10.1. The zero-order chi connectivity index (χ0) is 24.1. The van der Waals surface area contributed by atoms with Crippen LogP contribution in [-0.4, -0.2) is 42.8 Å². The first kappa shape index (κ1) is 22.8. The molecule has 0 atom stereocenters. The van der Waals surface area contributed by atoms with E-state index in [0.717, 1.165) is 27.7 Å². The number of aromatic nitrogens is 6. The van der Waals surface area contributed by atoms with Crippen molar-refractivity contribution in [1.29, 1.82) is 0 Å². The van der Waals surface area contributed by atoms with Crippen LogP contribution in [0.15, 0.2) is 64.2 Å². The molecular weight excluding hydrogens is 436 g/mol. The summed E-state index contributed by atoms with van der Waals surface area (Å²) in [7, 11) is 1.21. The number of carbonyl (C=O) groups excluding carboxylic acids is 1. The van der Waals surface area contributed by atoms with Gasteiger partial charge in [0.2, 0.25) is 5.82 Å². The van der Waals surface area contributed by atoms with Gasteiger partial charge in [-0.2, -0.15) is 5.21 Å². The summed E-state index contributed by atoms with van der Waals surface area (Å²) in [6, 6.07) is 16.9. The summed E-state index contributed by atoms with van der Waals surface area (Å²) in [6.07, 6.45) is 1.26. The molecule has 0 saturated heterocycles. The van der Waals surface area contributed by atoms with Crippen LogP contribution >= 0.6 is 0 Å². The summed E-state index contributed by atoms with van der Waals surface area (Å²) >= 11 is 0. The predicted molar refractivity (Wildman–Crippen MR) is 125 cm³/mol. The number of rotatable bonds is 8. The quantitative estimate of drug-likeness (QED) is 0.399. The maximum Gasteiger partial charge on any atom is 0.332 e. The second-order valence-corrected chi connectivity index (χ2v) is 7.69. The molecule has 2 heterocycles. The summed E-state index contributed by atoms with van der Waals surface area (Å²) < 4.78 is 7.09. The number of benzene rings is 2. The summed E-state index contributed by atoms with van der Waals surface area (Å²) in [5, 5.41) is 14.4. The monoisotopic (exact) mass is 460 g/mol. The van der Waals surface area contributed by atoms with Crippen LogP contribution in [0.3, 0.4) is 0 Å². The molecule has 0 bridgehead atoms. The highest BCUT2D eigenvalue weighted by atomic mass is 16.5. The number of hydrogen-bond acceptors (Lipinski definition) is 7. The van der Waals surface area contributed by atoms with Gasteiger partial charge in [-0.3, -0.25) is 14.2 Å². The van der Waals surface area contributed by atoms with Crippen molar-refractivity contribution in [3.63, 3.8) is 0 Å². The summed E-state index contributed by atoms with van der Waals surface area (Å²) in [6.45, 7) is 1.65. The molecule has 0 unspecified atom stereocenters. The second-order valence-electron chi connectivity index (χ2n) is 7.69. The van der Waals surface area contributed by atoms with Gasteiger partial charge in [0.15, 0.2) is 0 Å². The predicted octanol–water partition coefficient (Wildman–Crippen LogP) is 2.03. The molecule has 4 rings (SSSR count). The number of methoxy groups -OCH3 is 1. The van der Waals surface area contributed by atoms with E-state index in [9.17, 15) is 14.4 Å². The molecule has 2 aromatic carbocycles. The molecule has 0 aliphatic carbocycles. The Kier molecular flexibility index (Phi) is 6.77. The summed E-state index contributed by atoms with van der Waals surface area (Å²) in [4.78, 5) is 38.0. The molecule has 0 aliphatic heterocycles. The average Bonchev–Trinajstić information content (AvgIpc) is 3.39. The summed E-state index contributed by atoms with van der Waals surface area (Å²) in [5.41, 5.74) is 2.81. The molecular formula is C24H24N6O4. The Bertz CT molecular complexity index is 1410. The number of esters is 1. The smallest absolute Gasteiger partial charge is 0.332 e. The van der Waals surface area contributed by atoms with Crippen molar-refractivity contribution in [3.05, 3.63) is 86.7 Å². The normalized spacial score (nSPS) is 10.9. The van der Waals surface area contributed by atoms with Gasteiger partial charge in [-0.25, -0.2) is 9.36 Å². The first-order valence-corrected chi connectivity index (χ1v) is 10.8. The van der Waals surface area contributed by atoms with E-state index in [2.05, 4.69) is 25.4 Å². The first-order chi connectivity index (χ1) is 16.5. The van der Waals surface area contributed by atoms with Gasteiger partial charge in [0.05, 0.1) is 13.7 Å². The molecule has 0 radical (unpaired) electrons. The van der Waals surface area contributed by atoms with E-state index in [1.54, 1.807) is 0 Å². The molecule has 1 N–H and O–H groups in total. The largest absolute Gasteiger partial charge is 0.468 e. The molecule has 34 heavy (non-hydrogen) atoms. The van der Waals surface area contributed by atoms with E-state index in [0.29, 0.717) is 23.5 Å². The number of aryl methyl sites for hydroxylation is 1. The standard InChI is InChI=1S/C24H24N6O4/c1-3-8-17-13-21(31)30(15-22(32)34-2)24(33)29(17)14-20-18(16-9-5-4-6-10-16)11-7-12-19(20)23-25-27-28-26-23/h4-7,9-13H,3,8,14-15H2,1-2H3,(H,25,26,27,28). The molecule has 0 aliphatic rings. The lowest BCUT2D eigenvalue weighted by molar-refractivity contribution is -0.141. The van der Waals surface area contributed by atoms with E-state index in [-0.39, 0.29) is 6.54 Å². The van der Waals surface area contributed by atoms with E-state index < -0.39 is 23.8 Å². The van der Waals surface area contributed by atoms with Crippen LogP contribution in [0.4, 0.5) is 0 Å². The third-order valence-electron chi connectivity index (χ3n) is 5.55. The molecule has 2 aromatic heterocycles. The lowest BCUT2D eigenvalue weighted by Gasteiger charge is -2.19. The number of H-pyrrole nitrogens is 1. The first-order valence-electron chi connectivity index (χ1n) is 10.8. The molecule has 0 fully saturated rings. The minimum absolute atomic E-state index is 0.143. The molecule has 0 saturated carbocycles. The van der Waals surface area contributed by atoms with Gasteiger partial charge in [0.1, 0.15) is 6.54 Å². The number of nitrogens with one attached hydrogen (secondary N) is 1. The van der Waals surface area contributed by atoms with Crippen LogP contribution in [0.1, 0.15) is 24.6 Å². The number of nitrogens with zero attached hydrogens (tertiary/aromatic N) is 5. The highest BCUT2D eigenvalue weighted by Crippen LogP contribution is 2.31. The molecule has 0 spiro atoms. The van der Waals surface area contributed by atoms with E-state index in [4.69, 9.17) is 0 Å². The number of carbonyl (C=O) groups is 1. The van der Waals surface area contributed by atoms with Gasteiger partial charge in [0, 0.05) is 17.3 Å². The van der Waals surface area contributed by atoms with Crippen LogP contribution in [0.5, 0.6) is 0 Å². The Morgan fingerprint density at radius 3 is 2.47 bits per heavy atom. The van der Waals surface area contributed by atoms with Gasteiger partial charge in [0.25, 0.3) is 5.56 Å². The van der Waals surface area contributed by atoms with Crippen molar-refractivity contribution in [3.8, 4) is 22.5 Å². The SMILES string of the molecule is CCCc1cc(=O)n(CC(=O)OC)c(=O)n1Cc1c(-c2ccccc2)cccc1-c1nn[nH]n1. The fourth-order valence-corrected chi connectivity index (χ4v) is 3.92. The average molecular weight is 460 g/mol. The van der Waals surface area contributed by atoms with Crippen LogP contribution in [0.2, 0.25) is 0 Å². The fraction of sp³-hybridized carbons (Fsp3) is 0.250. The third kappa shape index (κ3) is 4.56. The lowest BCUT2D eigenvalue weighted by atomic mass is 9.94. The van der Waals surface area contributed by atoms with Crippen molar-refractivity contribution in [2.75, 3.05) is 7.11 Å². The van der Waals surface area contributed by atoms with Gasteiger partial charge in [-0.15, -0.1) is 10.2 Å². The van der Waals surface area contributed by atoms with E-state index >= 15 is 0 Å². The Morgan fingerprint density at radius 2 is 1.79 bits per heavy atom. The van der Waals surface area contributed by atoms with Crippen LogP contribution in [0.25, 0.3) is 22.5 Å². The van der Waals surface area contributed by atoms with Gasteiger partial charge in [-0.1, -0.05) is 61.9 Å². The molecule has 174 valence electrons. The zero-order valence-electron chi connectivity index (χ0n) is 18.9. The molecule has 10 heteroatoms. The Morgan fingerprint density at radius 1 is 1.03 bits per heavy atom. The fourth-order valence-electron chi connectivity index (χ4n) is 3.92. The Labute approximate surface area is 194 Å². The Balaban J connectivity index is 1.94. The maximum absolute atomic E-state index is 13.5. The molecule has 4 aromatic rings. The highest BCUT2D eigenvalue weighted by molar-refractivity contribution is 5.76. The Hall–Kier alpha value is -4.34. The zero-order valence-corrected chi connectivity index (χ0v) is 18.9. The minimum Gasteiger partial charge on any atom is -0.468 e. The maximum atomic E-state index is 13.5. The summed E-state index contributed by atoms with van der Waals surface area (Å²) in [5.74, 6) is -0.285. The number of hydrogen-bond donors (Lipinski definition) is 1. The number of aromatic amines is 1. The van der Waals surface area contributed by atoms with Crippen molar-refractivity contribution in [1.82, 2.24) is 29.8 Å². The van der Waals surface area contributed by atoms with Gasteiger partial charge in [-0.05, 0) is 28.3 Å². The number of ether oxygens (including phenoxy) is 1. The van der Waals surface area contributed by atoms with Crippen LogP contribution < -0.4 is 11.2 Å². The topological polar surface area (TPSA) is 125 Å². The van der Waals surface area contributed by atoms with Crippen molar-refractivity contribution in [2.24, 2.45) is 0 Å².